The molecular formula is C17H22O8. The van der Waals surface area contributed by atoms with Crippen molar-refractivity contribution in [3.8, 4) is 0 Å². The molecule has 0 aromatic rings. The van der Waals surface area contributed by atoms with Gasteiger partial charge >= 0.3 is 23.9 Å². The number of aliphatic hydroxyl groups is 1. The van der Waals surface area contributed by atoms with E-state index in [1.54, 1.807) is 6.92 Å². The zero-order valence-electron chi connectivity index (χ0n) is 14.1. The summed E-state index contributed by atoms with van der Waals surface area (Å²) in [6.07, 6.45) is 7.88. The number of aliphatic carboxylic acids is 1. The Kier molecular flexibility index (Phi) is 7.50. The molecule has 3 aliphatic rings. The van der Waals surface area contributed by atoms with Gasteiger partial charge in [-0.3, -0.25) is 4.79 Å². The highest BCUT2D eigenvalue weighted by Crippen LogP contribution is 2.49. The van der Waals surface area contributed by atoms with Crippen molar-refractivity contribution in [2.75, 3.05) is 6.61 Å². The molecule has 2 aliphatic carbocycles. The van der Waals surface area contributed by atoms with E-state index in [9.17, 15) is 19.2 Å². The summed E-state index contributed by atoms with van der Waals surface area (Å²) in [4.78, 5) is 40.8. The van der Waals surface area contributed by atoms with Gasteiger partial charge in [-0.2, -0.15) is 0 Å². The van der Waals surface area contributed by atoms with Crippen molar-refractivity contribution >= 4 is 23.9 Å². The van der Waals surface area contributed by atoms with E-state index in [1.165, 1.54) is 6.92 Å². The highest BCUT2D eigenvalue weighted by Gasteiger charge is 2.46. The maximum atomic E-state index is 10.7. The number of carboxylic acid groups (broad SMARTS) is 1. The van der Waals surface area contributed by atoms with E-state index in [2.05, 4.69) is 15.5 Å². The second-order valence-electron chi connectivity index (χ2n) is 5.82. The number of ether oxygens (including phenoxy) is 2. The third-order valence-corrected chi connectivity index (χ3v) is 3.89. The summed E-state index contributed by atoms with van der Waals surface area (Å²) >= 11 is 0. The molecule has 3 atom stereocenters. The molecule has 0 saturated heterocycles. The number of carbonyl (C=O) groups excluding carboxylic acids is 3. The highest BCUT2D eigenvalue weighted by atomic mass is 16.6. The lowest BCUT2D eigenvalue weighted by molar-refractivity contribution is -0.152. The van der Waals surface area contributed by atoms with E-state index in [1.807, 2.05) is 6.08 Å². The minimum Gasteiger partial charge on any atom is -0.481 e. The Morgan fingerprint density at radius 3 is 2.12 bits per heavy atom. The van der Waals surface area contributed by atoms with Crippen LogP contribution in [0.15, 0.2) is 24.3 Å². The van der Waals surface area contributed by atoms with Crippen LogP contribution in [0.2, 0.25) is 0 Å². The largest absolute Gasteiger partial charge is 0.481 e. The highest BCUT2D eigenvalue weighted by molar-refractivity contribution is 6.04. The Balaban J connectivity index is 0.000000192. The van der Waals surface area contributed by atoms with Gasteiger partial charge in [0, 0.05) is 12.2 Å². The van der Waals surface area contributed by atoms with Crippen LogP contribution in [-0.4, -0.2) is 46.8 Å². The van der Waals surface area contributed by atoms with Crippen LogP contribution < -0.4 is 0 Å². The first kappa shape index (κ1) is 20.6. The summed E-state index contributed by atoms with van der Waals surface area (Å²) < 4.78 is 8.39. The summed E-state index contributed by atoms with van der Waals surface area (Å²) in [5.41, 5.74) is -0.454. The fourth-order valence-corrected chi connectivity index (χ4v) is 2.58. The molecule has 1 saturated carbocycles. The van der Waals surface area contributed by atoms with Crippen LogP contribution in [0, 0.1) is 11.3 Å². The van der Waals surface area contributed by atoms with Gasteiger partial charge in [0.15, 0.2) is 0 Å². The first-order valence-electron chi connectivity index (χ1n) is 7.91. The van der Waals surface area contributed by atoms with Crippen molar-refractivity contribution < 1.29 is 38.9 Å². The topological polar surface area (TPSA) is 127 Å². The van der Waals surface area contributed by atoms with Gasteiger partial charge in [0.2, 0.25) is 0 Å². The summed E-state index contributed by atoms with van der Waals surface area (Å²) in [5.74, 6) is -1.79. The quantitative estimate of drug-likeness (QED) is 0.436. The van der Waals surface area contributed by atoms with Crippen LogP contribution in [-0.2, 0) is 28.7 Å². The lowest BCUT2D eigenvalue weighted by Crippen LogP contribution is -2.23. The molecular weight excluding hydrogens is 332 g/mol. The molecule has 1 aliphatic heterocycles. The number of hydrogen-bond donors (Lipinski definition) is 2. The lowest BCUT2D eigenvalue weighted by atomic mass is 9.88. The van der Waals surface area contributed by atoms with Crippen molar-refractivity contribution in [1.29, 1.82) is 0 Å². The molecule has 0 spiro atoms. The molecule has 138 valence electrons. The number of carbonyl (C=O) groups is 4. The number of hydrogen-bond acceptors (Lipinski definition) is 7. The molecule has 0 aromatic heterocycles. The van der Waals surface area contributed by atoms with Crippen LogP contribution >= 0.6 is 0 Å². The first-order chi connectivity index (χ1) is 11.7. The van der Waals surface area contributed by atoms with E-state index < -0.39 is 35.4 Å². The minimum atomic E-state index is -0.991. The lowest BCUT2D eigenvalue weighted by Gasteiger charge is -2.15. The molecule has 1 heterocycles. The first-order valence-corrected chi connectivity index (χ1v) is 7.91. The van der Waals surface area contributed by atoms with Gasteiger partial charge in [-0.15, -0.1) is 0 Å². The van der Waals surface area contributed by atoms with E-state index in [0.717, 1.165) is 31.4 Å². The number of fused-ring (bicyclic) bond motifs is 2. The molecule has 0 amide bonds. The average molecular weight is 354 g/mol. The van der Waals surface area contributed by atoms with E-state index >= 15 is 0 Å². The molecule has 2 N–H and O–H groups in total. The Bertz CT molecular complexity index is 573. The number of esters is 3. The monoisotopic (exact) mass is 354 g/mol. The van der Waals surface area contributed by atoms with Crippen molar-refractivity contribution in [2.24, 2.45) is 11.3 Å². The molecule has 3 rings (SSSR count). The van der Waals surface area contributed by atoms with Crippen molar-refractivity contribution in [2.45, 2.75) is 39.2 Å². The number of rotatable bonds is 3. The van der Waals surface area contributed by atoms with Gasteiger partial charge in [0.25, 0.3) is 0 Å². The Labute approximate surface area is 145 Å². The molecule has 1 fully saturated rings. The Morgan fingerprint density at radius 2 is 1.96 bits per heavy atom. The molecule has 0 radical (unpaired) electrons. The zero-order valence-corrected chi connectivity index (χ0v) is 14.1. The molecule has 3 unspecified atom stereocenters. The smallest absolute Gasteiger partial charge is 0.338 e. The van der Waals surface area contributed by atoms with E-state index in [4.69, 9.17) is 10.2 Å². The normalized spacial score (nSPS) is 26.1. The average Bonchev–Trinajstić information content (AvgIpc) is 3.25. The van der Waals surface area contributed by atoms with Gasteiger partial charge in [0.05, 0.1) is 12.0 Å². The van der Waals surface area contributed by atoms with Crippen LogP contribution in [0.5, 0.6) is 0 Å². The second-order valence-corrected chi connectivity index (χ2v) is 5.82. The van der Waals surface area contributed by atoms with Gasteiger partial charge in [-0.1, -0.05) is 12.2 Å². The maximum absolute atomic E-state index is 10.7. The Hall–Kier alpha value is -2.48. The predicted molar refractivity (Wildman–Crippen MR) is 85.1 cm³/mol. The molecule has 25 heavy (non-hydrogen) atoms. The third-order valence-electron chi connectivity index (χ3n) is 3.89. The van der Waals surface area contributed by atoms with E-state index in [0.29, 0.717) is 12.5 Å². The fraction of sp³-hybridized carbons (Fsp3) is 0.529. The van der Waals surface area contributed by atoms with E-state index in [-0.39, 0.29) is 0 Å². The van der Waals surface area contributed by atoms with Crippen molar-refractivity contribution in [3.05, 3.63) is 24.3 Å². The molecule has 2 bridgehead atoms. The van der Waals surface area contributed by atoms with Crippen LogP contribution in [0.25, 0.3) is 0 Å². The zero-order chi connectivity index (χ0) is 19.0. The van der Waals surface area contributed by atoms with Crippen LogP contribution in [0.3, 0.4) is 0 Å². The van der Waals surface area contributed by atoms with Crippen LogP contribution in [0.1, 0.15) is 33.1 Å². The molecule has 0 aromatic carbocycles. The second kappa shape index (κ2) is 9.12. The third kappa shape index (κ3) is 6.15. The molecule has 8 nitrogen and oxygen atoms in total. The number of aliphatic hydroxyl groups excluding tert-OH is 1. The summed E-state index contributed by atoms with van der Waals surface area (Å²) in [5, 5.41) is 17.3. The van der Waals surface area contributed by atoms with Crippen LogP contribution in [0.4, 0.5) is 0 Å². The standard InChI is InChI=1S/C8H10O2.C5H10O3.C4H2O3/c9-7(10)8-3-1-6(5-8)2-4-8;1-3-8-5(7)4(2)6;5-3-1-2-4(6)7-3/h1,3,6H,2,4-5H2,(H,9,10);4,6H,3H2,1-2H3;1-2H. The number of cyclic esters (lactones) is 2. The molecule has 8 heteroatoms. The summed E-state index contributed by atoms with van der Waals surface area (Å²) in [6.45, 7) is 3.39. The number of carboxylic acids is 1. The Morgan fingerprint density at radius 1 is 1.36 bits per heavy atom. The number of allylic oxidation sites excluding steroid dienone is 1. The maximum Gasteiger partial charge on any atom is 0.338 e. The van der Waals surface area contributed by atoms with Gasteiger partial charge in [-0.05, 0) is 39.0 Å². The van der Waals surface area contributed by atoms with Gasteiger partial charge < -0.3 is 19.7 Å². The van der Waals surface area contributed by atoms with Gasteiger partial charge in [-0.25, -0.2) is 14.4 Å². The van der Waals surface area contributed by atoms with Crippen molar-refractivity contribution in [1.82, 2.24) is 0 Å². The SMILES string of the molecule is CCOC(=O)C(C)O.O=C(O)C12C=CC(CC1)C2.O=C1C=CC(=O)O1. The van der Waals surface area contributed by atoms with Gasteiger partial charge in [0.1, 0.15) is 6.10 Å². The fourth-order valence-electron chi connectivity index (χ4n) is 2.58. The predicted octanol–water partition coefficient (Wildman–Crippen LogP) is 0.984. The summed E-state index contributed by atoms with van der Waals surface area (Å²) in [6, 6.07) is 0. The minimum absolute atomic E-state index is 0.323. The summed E-state index contributed by atoms with van der Waals surface area (Å²) in [7, 11) is 0. The van der Waals surface area contributed by atoms with Crippen molar-refractivity contribution in [3.63, 3.8) is 0 Å².